The van der Waals surface area contributed by atoms with Gasteiger partial charge in [-0.2, -0.15) is 0 Å². The molecule has 0 saturated carbocycles. The van der Waals surface area contributed by atoms with E-state index < -0.39 is 17.8 Å². The van der Waals surface area contributed by atoms with Gasteiger partial charge in [0, 0.05) is 0 Å². The number of thiocarbonyl (C=S) groups is 1. The Kier molecular flexibility index (Phi) is 4.68. The van der Waals surface area contributed by atoms with Gasteiger partial charge in [-0.15, -0.1) is 0 Å². The highest BCUT2D eigenvalue weighted by molar-refractivity contribution is 14.1. The van der Waals surface area contributed by atoms with Crippen LogP contribution in [0.25, 0.3) is 6.08 Å². The van der Waals surface area contributed by atoms with Gasteiger partial charge in [-0.25, -0.2) is 4.79 Å². The molecule has 0 radical (unpaired) electrons. The number of carboxylic acids is 1. The number of carbonyl (C=O) groups is 3. The van der Waals surface area contributed by atoms with E-state index in [9.17, 15) is 14.4 Å². The summed E-state index contributed by atoms with van der Waals surface area (Å²) >= 11 is 7.04. The Labute approximate surface area is 160 Å². The molecule has 2 aromatic rings. The molecule has 3 rings (SSSR count). The predicted octanol–water partition coefficient (Wildman–Crippen LogP) is 2.41. The molecule has 0 aliphatic carbocycles. The number of benzene rings is 1. The number of rotatable bonds is 3. The van der Waals surface area contributed by atoms with Gasteiger partial charge in [0.1, 0.15) is 11.3 Å². The Morgan fingerprint density at radius 2 is 1.88 bits per heavy atom. The summed E-state index contributed by atoms with van der Waals surface area (Å²) in [5, 5.41) is 11.3. The first kappa shape index (κ1) is 17.3. The van der Waals surface area contributed by atoms with Crippen molar-refractivity contribution in [2.45, 2.75) is 0 Å². The van der Waals surface area contributed by atoms with Crippen molar-refractivity contribution in [2.75, 3.05) is 4.90 Å². The first-order chi connectivity index (χ1) is 11.9. The van der Waals surface area contributed by atoms with E-state index in [-0.39, 0.29) is 16.2 Å². The fourth-order valence-corrected chi connectivity index (χ4v) is 2.91. The SMILES string of the molecule is O=C1NC(=S)N(c2ccc(C(=O)O)cc2)C(=O)/C1=C/c1ccc(I)o1. The summed E-state index contributed by atoms with van der Waals surface area (Å²) in [6.07, 6.45) is 1.33. The summed E-state index contributed by atoms with van der Waals surface area (Å²) in [4.78, 5) is 36.9. The average Bonchev–Trinajstić information content (AvgIpc) is 2.97. The molecule has 126 valence electrons. The van der Waals surface area contributed by atoms with Gasteiger partial charge >= 0.3 is 5.97 Å². The highest BCUT2D eigenvalue weighted by Gasteiger charge is 2.34. The summed E-state index contributed by atoms with van der Waals surface area (Å²) in [5.41, 5.74) is 0.283. The third-order valence-corrected chi connectivity index (χ3v) is 4.22. The van der Waals surface area contributed by atoms with Gasteiger partial charge in [0.05, 0.1) is 11.3 Å². The lowest BCUT2D eigenvalue weighted by atomic mass is 10.1. The van der Waals surface area contributed by atoms with Crippen LogP contribution in [0.4, 0.5) is 5.69 Å². The number of furan rings is 1. The monoisotopic (exact) mass is 468 g/mol. The molecule has 0 spiro atoms. The van der Waals surface area contributed by atoms with Crippen molar-refractivity contribution >= 4 is 69.5 Å². The van der Waals surface area contributed by atoms with Gasteiger partial charge in [-0.05, 0) is 77.3 Å². The summed E-state index contributed by atoms with van der Waals surface area (Å²) in [6.45, 7) is 0. The van der Waals surface area contributed by atoms with Crippen LogP contribution in [0.3, 0.4) is 0 Å². The number of carbonyl (C=O) groups excluding carboxylic acids is 2. The Morgan fingerprint density at radius 1 is 1.20 bits per heavy atom. The summed E-state index contributed by atoms with van der Waals surface area (Å²) in [6, 6.07) is 8.92. The minimum Gasteiger partial charge on any atom is -0.478 e. The second kappa shape index (κ2) is 6.76. The second-order valence-electron chi connectivity index (χ2n) is 4.95. The van der Waals surface area contributed by atoms with Crippen molar-refractivity contribution in [1.29, 1.82) is 0 Å². The molecular formula is C16H9IN2O5S. The molecule has 1 fully saturated rings. The molecule has 7 nitrogen and oxygen atoms in total. The fraction of sp³-hybridized carbons (Fsp3) is 0. The highest BCUT2D eigenvalue weighted by atomic mass is 127. The number of amides is 2. The number of nitrogens with one attached hydrogen (secondary N) is 1. The summed E-state index contributed by atoms with van der Waals surface area (Å²) < 4.78 is 5.97. The maximum Gasteiger partial charge on any atom is 0.335 e. The third kappa shape index (κ3) is 3.46. The van der Waals surface area contributed by atoms with Crippen LogP contribution >= 0.6 is 34.8 Å². The maximum atomic E-state index is 12.7. The topological polar surface area (TPSA) is 99.9 Å². The van der Waals surface area contributed by atoms with E-state index in [1.54, 1.807) is 12.1 Å². The highest BCUT2D eigenvalue weighted by Crippen LogP contribution is 2.23. The van der Waals surface area contributed by atoms with E-state index in [1.165, 1.54) is 30.3 Å². The molecule has 1 aromatic carbocycles. The zero-order valence-electron chi connectivity index (χ0n) is 12.4. The molecule has 9 heteroatoms. The molecule has 0 atom stereocenters. The van der Waals surface area contributed by atoms with Crippen LogP contribution < -0.4 is 10.2 Å². The molecule has 2 N–H and O–H groups in total. The largest absolute Gasteiger partial charge is 0.478 e. The molecule has 1 saturated heterocycles. The van der Waals surface area contributed by atoms with E-state index in [2.05, 4.69) is 5.32 Å². The Balaban J connectivity index is 1.98. The van der Waals surface area contributed by atoms with Crippen molar-refractivity contribution in [3.8, 4) is 0 Å². The van der Waals surface area contributed by atoms with Crippen LogP contribution in [0, 0.1) is 3.77 Å². The smallest absolute Gasteiger partial charge is 0.335 e. The van der Waals surface area contributed by atoms with Crippen molar-refractivity contribution in [1.82, 2.24) is 5.32 Å². The number of anilines is 1. The van der Waals surface area contributed by atoms with Gasteiger partial charge in [-0.1, -0.05) is 0 Å². The lowest BCUT2D eigenvalue weighted by molar-refractivity contribution is -0.122. The van der Waals surface area contributed by atoms with E-state index in [4.69, 9.17) is 21.7 Å². The number of nitrogens with zero attached hydrogens (tertiary/aromatic N) is 1. The molecule has 1 aliphatic heterocycles. The maximum absolute atomic E-state index is 12.7. The van der Waals surface area contributed by atoms with E-state index in [0.29, 0.717) is 15.2 Å². The molecule has 1 aromatic heterocycles. The Morgan fingerprint density at radius 3 is 2.44 bits per heavy atom. The summed E-state index contributed by atoms with van der Waals surface area (Å²) in [5.74, 6) is -1.97. The lowest BCUT2D eigenvalue weighted by Gasteiger charge is -2.28. The number of hydrogen-bond donors (Lipinski definition) is 2. The van der Waals surface area contributed by atoms with Gasteiger partial charge in [0.2, 0.25) is 0 Å². The van der Waals surface area contributed by atoms with Crippen molar-refractivity contribution < 1.29 is 23.9 Å². The van der Waals surface area contributed by atoms with Crippen LogP contribution in [-0.4, -0.2) is 28.0 Å². The van der Waals surface area contributed by atoms with Gasteiger partial charge in [0.25, 0.3) is 11.8 Å². The van der Waals surface area contributed by atoms with Crippen LogP contribution in [0.5, 0.6) is 0 Å². The average molecular weight is 468 g/mol. The van der Waals surface area contributed by atoms with Crippen LogP contribution in [0.1, 0.15) is 16.1 Å². The van der Waals surface area contributed by atoms with Crippen molar-refractivity contribution in [2.24, 2.45) is 0 Å². The molecular weight excluding hydrogens is 459 g/mol. The number of hydrogen-bond acceptors (Lipinski definition) is 5. The van der Waals surface area contributed by atoms with Crippen LogP contribution in [0.2, 0.25) is 0 Å². The number of aromatic carboxylic acids is 1. The van der Waals surface area contributed by atoms with Crippen molar-refractivity contribution in [3.63, 3.8) is 0 Å². The third-order valence-electron chi connectivity index (χ3n) is 3.35. The van der Waals surface area contributed by atoms with Crippen molar-refractivity contribution in [3.05, 3.63) is 57.1 Å². The van der Waals surface area contributed by atoms with Crippen LogP contribution in [0.15, 0.2) is 46.4 Å². The van der Waals surface area contributed by atoms with E-state index in [1.807, 2.05) is 22.6 Å². The first-order valence-electron chi connectivity index (χ1n) is 6.87. The first-order valence-corrected chi connectivity index (χ1v) is 8.35. The van der Waals surface area contributed by atoms with Crippen LogP contribution in [-0.2, 0) is 9.59 Å². The molecule has 0 bridgehead atoms. The minimum absolute atomic E-state index is 0.0732. The predicted molar refractivity (Wildman–Crippen MR) is 101 cm³/mol. The molecule has 1 aliphatic rings. The van der Waals surface area contributed by atoms with E-state index >= 15 is 0 Å². The zero-order chi connectivity index (χ0) is 18.1. The fourth-order valence-electron chi connectivity index (χ4n) is 2.19. The minimum atomic E-state index is -1.08. The molecule has 2 heterocycles. The quantitative estimate of drug-likeness (QED) is 0.311. The Hall–Kier alpha value is -2.53. The molecule has 25 heavy (non-hydrogen) atoms. The second-order valence-corrected chi connectivity index (χ2v) is 6.40. The number of halogens is 1. The summed E-state index contributed by atoms with van der Waals surface area (Å²) in [7, 11) is 0. The number of carboxylic acid groups (broad SMARTS) is 1. The molecule has 0 unspecified atom stereocenters. The van der Waals surface area contributed by atoms with Gasteiger partial charge in [-0.3, -0.25) is 19.8 Å². The Bertz CT molecular complexity index is 932. The van der Waals surface area contributed by atoms with Gasteiger partial charge in [0.15, 0.2) is 8.88 Å². The van der Waals surface area contributed by atoms with E-state index in [0.717, 1.165) is 4.90 Å². The van der Waals surface area contributed by atoms with Gasteiger partial charge < -0.3 is 9.52 Å². The lowest BCUT2D eigenvalue weighted by Crippen LogP contribution is -2.54. The normalized spacial score (nSPS) is 16.3. The standard InChI is InChI=1S/C16H9IN2O5S/c17-12-6-5-10(24-12)7-11-13(20)18-16(25)19(14(11)21)9-3-1-8(2-4-9)15(22)23/h1-7H,(H,22,23)(H,18,20,25)/b11-7+. The zero-order valence-corrected chi connectivity index (χ0v) is 15.3. The molecule has 2 amide bonds.